The summed E-state index contributed by atoms with van der Waals surface area (Å²) >= 11 is 0. The molecule has 15 unspecified atom stereocenters. The highest BCUT2D eigenvalue weighted by atomic mass is 16.7. The van der Waals surface area contributed by atoms with Crippen LogP contribution in [0.5, 0.6) is 0 Å². The predicted octanol–water partition coefficient (Wildman–Crippen LogP) is 1.28. The van der Waals surface area contributed by atoms with Crippen molar-refractivity contribution in [1.82, 2.24) is 0 Å². The number of aliphatic hydroxyl groups is 10. The molecule has 1 fully saturated rings. The van der Waals surface area contributed by atoms with E-state index in [1.54, 1.807) is 33.8 Å². The van der Waals surface area contributed by atoms with Crippen molar-refractivity contribution in [3.05, 3.63) is 46.6 Å². The van der Waals surface area contributed by atoms with Crippen LogP contribution in [0, 0.1) is 29.6 Å². The van der Waals surface area contributed by atoms with Crippen molar-refractivity contribution in [1.29, 1.82) is 0 Å². The fourth-order valence-electron chi connectivity index (χ4n) is 6.81. The predicted molar refractivity (Wildman–Crippen MR) is 202 cm³/mol. The summed E-state index contributed by atoms with van der Waals surface area (Å²) in [6, 6.07) is 0. The van der Waals surface area contributed by atoms with E-state index in [9.17, 15) is 55.9 Å². The first-order chi connectivity index (χ1) is 25.1. The van der Waals surface area contributed by atoms with Gasteiger partial charge in [0.15, 0.2) is 12.4 Å². The summed E-state index contributed by atoms with van der Waals surface area (Å²) in [5, 5.41) is 102. The molecule has 1 heterocycles. The Morgan fingerprint density at radius 1 is 0.704 bits per heavy atom. The van der Waals surface area contributed by atoms with Crippen LogP contribution < -0.4 is 0 Å². The van der Waals surface area contributed by atoms with E-state index >= 15 is 0 Å². The number of carbonyl (C=O) groups is 1. The Morgan fingerprint density at radius 3 is 1.69 bits per heavy atom. The number of hydrogen-bond acceptors (Lipinski definition) is 14. The Balaban J connectivity index is 3.25. The Morgan fingerprint density at radius 2 is 1.20 bits per heavy atom. The molecule has 1 saturated heterocycles. The third-order valence-electron chi connectivity index (χ3n) is 10.3. The van der Waals surface area contributed by atoms with Gasteiger partial charge in [0, 0.05) is 23.3 Å². The first-order valence-corrected chi connectivity index (χ1v) is 19.0. The maximum absolute atomic E-state index is 12.7. The zero-order chi connectivity index (χ0) is 41.6. The molecule has 15 atom stereocenters. The second-order valence-electron chi connectivity index (χ2n) is 15.4. The maximum atomic E-state index is 12.7. The van der Waals surface area contributed by atoms with Gasteiger partial charge in [0.2, 0.25) is 0 Å². The van der Waals surface area contributed by atoms with E-state index < -0.39 is 105 Å². The van der Waals surface area contributed by atoms with Crippen molar-refractivity contribution in [2.45, 2.75) is 149 Å². The number of allylic oxidation sites excluding steroid dienone is 1. The minimum atomic E-state index is -1.62. The molecule has 1 aliphatic rings. The molecule has 0 aliphatic carbocycles. The average Bonchev–Trinajstić information content (AvgIpc) is 3.13. The van der Waals surface area contributed by atoms with Crippen molar-refractivity contribution < 1.29 is 70.1 Å². The van der Waals surface area contributed by atoms with E-state index in [2.05, 4.69) is 26.8 Å². The zero-order valence-corrected chi connectivity index (χ0v) is 33.7. The largest absolute Gasteiger partial charge is 0.453 e. The van der Waals surface area contributed by atoms with Gasteiger partial charge in [-0.3, -0.25) is 0 Å². The lowest BCUT2D eigenvalue weighted by Gasteiger charge is -2.41. The van der Waals surface area contributed by atoms with Crippen molar-refractivity contribution in [2.75, 3.05) is 19.8 Å². The summed E-state index contributed by atoms with van der Waals surface area (Å²) in [6.45, 7) is 16.3. The Bertz CT molecular complexity index is 1240. The maximum Gasteiger partial charge on any atom is 0.333 e. The molecule has 1 rings (SSSR count). The lowest BCUT2D eigenvalue weighted by molar-refractivity contribution is -0.310. The van der Waals surface area contributed by atoms with Crippen molar-refractivity contribution >= 4 is 5.97 Å². The molecule has 14 nitrogen and oxygen atoms in total. The molecule has 0 aromatic carbocycles. The second kappa shape index (κ2) is 23.9. The molecule has 1 aliphatic heterocycles. The highest BCUT2D eigenvalue weighted by Gasteiger charge is 2.45. The first kappa shape index (κ1) is 50.0. The minimum absolute atomic E-state index is 0.0644. The third kappa shape index (κ3) is 14.8. The minimum Gasteiger partial charge on any atom is -0.453 e. The summed E-state index contributed by atoms with van der Waals surface area (Å²) < 4.78 is 17.1. The Labute approximate surface area is 321 Å². The van der Waals surface area contributed by atoms with Gasteiger partial charge in [-0.1, -0.05) is 72.3 Å². The number of carbonyl (C=O) groups excluding carboxylic acids is 1. The normalized spacial score (nSPS) is 28.3. The van der Waals surface area contributed by atoms with Crippen LogP contribution in [-0.4, -0.2) is 144 Å². The molecule has 0 amide bonds. The lowest BCUT2D eigenvalue weighted by Crippen LogP contribution is -2.60. The summed E-state index contributed by atoms with van der Waals surface area (Å²) in [4.78, 5) is 12.7. The van der Waals surface area contributed by atoms with Crippen LogP contribution in [0.3, 0.4) is 0 Å². The average molecular weight is 775 g/mol. The van der Waals surface area contributed by atoms with Crippen LogP contribution in [-0.2, 0) is 19.0 Å². The van der Waals surface area contributed by atoms with E-state index in [4.69, 9.17) is 14.2 Å². The topological polar surface area (TPSA) is 247 Å². The van der Waals surface area contributed by atoms with Crippen LogP contribution >= 0.6 is 0 Å². The molecular formula is C40H70O14. The van der Waals surface area contributed by atoms with Crippen LogP contribution in [0.15, 0.2) is 46.6 Å². The van der Waals surface area contributed by atoms with Gasteiger partial charge in [0.25, 0.3) is 0 Å². The monoisotopic (exact) mass is 774 g/mol. The quantitative estimate of drug-likeness (QED) is 0.0423. The second-order valence-corrected chi connectivity index (χ2v) is 15.4. The lowest BCUT2D eigenvalue weighted by atomic mass is 9.87. The van der Waals surface area contributed by atoms with Gasteiger partial charge < -0.3 is 65.3 Å². The van der Waals surface area contributed by atoms with Crippen molar-refractivity contribution in [3.8, 4) is 0 Å². The van der Waals surface area contributed by atoms with Gasteiger partial charge in [-0.25, -0.2) is 4.79 Å². The molecule has 0 radical (unpaired) electrons. The van der Waals surface area contributed by atoms with Crippen molar-refractivity contribution in [2.24, 2.45) is 29.6 Å². The van der Waals surface area contributed by atoms with Gasteiger partial charge >= 0.3 is 5.97 Å². The molecular weight excluding hydrogens is 704 g/mol. The molecule has 0 aromatic heterocycles. The summed E-state index contributed by atoms with van der Waals surface area (Å²) in [5.41, 5.74) is 2.03. The van der Waals surface area contributed by atoms with Crippen LogP contribution in [0.1, 0.15) is 82.1 Å². The smallest absolute Gasteiger partial charge is 0.333 e. The first-order valence-electron chi connectivity index (χ1n) is 19.0. The molecule has 10 N–H and O–H groups in total. The molecule has 0 spiro atoms. The van der Waals surface area contributed by atoms with E-state index in [1.165, 1.54) is 13.0 Å². The summed E-state index contributed by atoms with van der Waals surface area (Å²) in [7, 11) is 0. The van der Waals surface area contributed by atoms with Gasteiger partial charge in [-0.2, -0.15) is 0 Å². The fourth-order valence-corrected chi connectivity index (χ4v) is 6.81. The number of rotatable bonds is 22. The van der Waals surface area contributed by atoms with Crippen molar-refractivity contribution in [3.63, 3.8) is 0 Å². The Hall–Kier alpha value is -2.05. The SMILES string of the molecule is CCC(C)CC(C)C=C(C)C(OC1OC(CO)C(O)C(O)C1O)C(C)C=C(C)C(O)C(C)C=C(C)C(O)C(C)C=C(C)C(=O)OC(C(O)CO)C(O)CO. The summed E-state index contributed by atoms with van der Waals surface area (Å²) in [6.07, 6.45) is -5.62. The molecule has 0 bridgehead atoms. The third-order valence-corrected chi connectivity index (χ3v) is 10.3. The van der Waals surface area contributed by atoms with E-state index in [1.807, 2.05) is 19.9 Å². The van der Waals surface area contributed by atoms with Crippen LogP contribution in [0.4, 0.5) is 0 Å². The number of hydrogen-bond donors (Lipinski definition) is 10. The molecule has 314 valence electrons. The highest BCUT2D eigenvalue weighted by Crippen LogP contribution is 2.30. The number of ether oxygens (including phenoxy) is 3. The van der Waals surface area contributed by atoms with E-state index in [-0.39, 0.29) is 17.4 Å². The van der Waals surface area contributed by atoms with Gasteiger partial charge in [-0.05, 0) is 62.7 Å². The molecule has 0 aromatic rings. The van der Waals surface area contributed by atoms with Crippen LogP contribution in [0.25, 0.3) is 0 Å². The summed E-state index contributed by atoms with van der Waals surface area (Å²) in [5.74, 6) is -1.67. The van der Waals surface area contributed by atoms with Crippen LogP contribution in [0.2, 0.25) is 0 Å². The molecule has 0 saturated carbocycles. The fraction of sp³-hybridized carbons (Fsp3) is 0.775. The van der Waals surface area contributed by atoms with E-state index in [0.717, 1.165) is 18.4 Å². The van der Waals surface area contributed by atoms with Gasteiger partial charge in [0.1, 0.15) is 36.6 Å². The number of aliphatic hydroxyl groups excluding tert-OH is 10. The Kier molecular flexibility index (Phi) is 22.1. The molecule has 54 heavy (non-hydrogen) atoms. The van der Waals surface area contributed by atoms with E-state index in [0.29, 0.717) is 17.1 Å². The van der Waals surface area contributed by atoms with Gasteiger partial charge in [0.05, 0.1) is 38.1 Å². The number of esters is 1. The molecule has 14 heteroatoms. The standard InChI is InChI=1S/C40H70O14/c1-11-20(2)12-21(3)13-26(8)37(54-40-36(50)35(49)34(48)31(19-43)52-40)27(9)15-24(6)32(46)22(4)14-23(5)33(47)25(7)16-28(10)39(51)53-38(29(44)17-41)30(45)18-42/h13-16,20-22,25,27,29-38,40-50H,11-12,17-19H2,1-10H3. The highest BCUT2D eigenvalue weighted by molar-refractivity contribution is 5.88. The van der Waals surface area contributed by atoms with Gasteiger partial charge in [-0.15, -0.1) is 0 Å². The zero-order valence-electron chi connectivity index (χ0n) is 33.7.